The molecule has 1 amide bonds. The van der Waals surface area contributed by atoms with Crippen molar-refractivity contribution in [3.8, 4) is 0 Å². The molecule has 0 atom stereocenters. The van der Waals surface area contributed by atoms with Crippen LogP contribution in [0, 0.1) is 18.9 Å². The second-order valence-corrected chi connectivity index (χ2v) is 3.46. The zero-order valence-corrected chi connectivity index (χ0v) is 12.4. The van der Waals surface area contributed by atoms with Crippen molar-refractivity contribution in [3.05, 3.63) is 18.9 Å². The van der Waals surface area contributed by atoms with Crippen LogP contribution in [0.5, 0.6) is 0 Å². The topological polar surface area (TPSA) is 52.2 Å². The molecular formula is C10H21CaNO2-2. The van der Waals surface area contributed by atoms with Gasteiger partial charge in [-0.15, -0.1) is 0 Å². The largest absolute Gasteiger partial charge is 2.00 e. The summed E-state index contributed by atoms with van der Waals surface area (Å²) in [5.41, 5.74) is 0. The van der Waals surface area contributed by atoms with Crippen LogP contribution in [0.2, 0.25) is 0 Å². The van der Waals surface area contributed by atoms with Gasteiger partial charge in [0.05, 0.1) is 0 Å². The Labute approximate surface area is 119 Å². The Morgan fingerprint density at radius 3 is 1.14 bits per heavy atom. The van der Waals surface area contributed by atoms with E-state index in [1.807, 2.05) is 0 Å². The van der Waals surface area contributed by atoms with E-state index in [0.29, 0.717) is 0 Å². The molecule has 0 aromatic heterocycles. The van der Waals surface area contributed by atoms with Crippen LogP contribution in [-0.4, -0.2) is 43.8 Å². The van der Waals surface area contributed by atoms with Gasteiger partial charge >= 0.3 is 37.7 Å². The van der Waals surface area contributed by atoms with Gasteiger partial charge in [0.2, 0.25) is 0 Å². The zero-order chi connectivity index (χ0) is 11.4. The Kier molecular flexibility index (Phi) is 32.8. The van der Waals surface area contributed by atoms with Gasteiger partial charge < -0.3 is 27.1 Å². The van der Waals surface area contributed by atoms with E-state index in [2.05, 4.69) is 48.6 Å². The van der Waals surface area contributed by atoms with E-state index in [1.165, 1.54) is 11.8 Å². The molecular weight excluding hydrogens is 206 g/mol. The summed E-state index contributed by atoms with van der Waals surface area (Å²) in [6.45, 7) is 12.5. The van der Waals surface area contributed by atoms with Crippen molar-refractivity contribution < 1.29 is 9.90 Å². The van der Waals surface area contributed by atoms with E-state index in [0.717, 1.165) is 0 Å². The third-order valence-electron chi connectivity index (χ3n) is 0.144. The quantitative estimate of drug-likeness (QED) is 0.504. The van der Waals surface area contributed by atoms with E-state index in [4.69, 9.17) is 9.90 Å². The van der Waals surface area contributed by atoms with Crippen LogP contribution in [-0.2, 0) is 0 Å². The van der Waals surface area contributed by atoms with Gasteiger partial charge in [-0.3, -0.25) is 7.05 Å². The fourth-order valence-electron chi connectivity index (χ4n) is 0. The number of rotatable bonds is 0. The maximum atomic E-state index is 9.08. The molecule has 3 nitrogen and oxygen atoms in total. The molecule has 0 aromatic rings. The predicted octanol–water partition coefficient (Wildman–Crippen LogP) is 1.57. The van der Waals surface area contributed by atoms with E-state index >= 15 is 0 Å². The van der Waals surface area contributed by atoms with Crippen LogP contribution in [0.3, 0.4) is 0 Å². The maximum Gasteiger partial charge on any atom is 2.00 e. The maximum absolute atomic E-state index is 9.08. The smallest absolute Gasteiger partial charge is 0.532 e. The zero-order valence-electron chi connectivity index (χ0n) is 10.2. The normalized spacial score (nSPS) is 7.50. The van der Waals surface area contributed by atoms with Gasteiger partial charge in [0.25, 0.3) is 0 Å². The summed E-state index contributed by atoms with van der Waals surface area (Å²) in [6, 6.07) is 0. The summed E-state index contributed by atoms with van der Waals surface area (Å²) in [7, 11) is 2.77. The Bertz CT molecular complexity index is 94.8. The summed E-state index contributed by atoms with van der Waals surface area (Å²) in [5, 5.41) is 10.7. The molecule has 0 radical (unpaired) electrons. The van der Waals surface area contributed by atoms with Crippen LogP contribution in [0.4, 0.5) is 4.79 Å². The molecule has 14 heavy (non-hydrogen) atoms. The number of carbonyl (C=O) groups is 1. The third kappa shape index (κ3) is 260. The Balaban J connectivity index is -0.0000000522. The molecule has 0 heterocycles. The first-order valence-electron chi connectivity index (χ1n) is 4.01. The molecule has 4 heteroatoms. The summed E-state index contributed by atoms with van der Waals surface area (Å²) in [4.78, 5) is 9.08. The number of hydrogen-bond donors (Lipinski definition) is 1. The number of carbonyl (C=O) groups excluding carboxylic acids is 1. The van der Waals surface area contributed by atoms with Gasteiger partial charge in [-0.1, -0.05) is 0 Å². The molecule has 0 bridgehead atoms. The molecule has 0 aliphatic rings. The molecule has 0 rings (SSSR count). The molecule has 0 aliphatic carbocycles. The second-order valence-electron chi connectivity index (χ2n) is 3.46. The fraction of sp³-hybridized carbons (Fsp3) is 0.600. The van der Waals surface area contributed by atoms with Gasteiger partial charge in [-0.2, -0.15) is 41.5 Å². The van der Waals surface area contributed by atoms with Crippen molar-refractivity contribution in [2.75, 3.05) is 0 Å². The number of nitrogens with one attached hydrogen (secondary N) is 1. The van der Waals surface area contributed by atoms with E-state index in [-0.39, 0.29) is 37.7 Å². The molecule has 0 spiro atoms. The third-order valence-corrected chi connectivity index (χ3v) is 0.144. The number of hydrogen-bond acceptors (Lipinski definition) is 2. The summed E-state index contributed by atoms with van der Waals surface area (Å²) >= 11 is 0. The number of carboxylic acid groups (broad SMARTS) is 1. The molecule has 0 saturated carbocycles. The minimum Gasteiger partial charge on any atom is -0.532 e. The van der Waals surface area contributed by atoms with Crippen molar-refractivity contribution in [1.29, 1.82) is 0 Å². The molecule has 0 fully saturated rings. The summed E-state index contributed by atoms with van der Waals surface area (Å²) < 4.78 is 0. The molecule has 0 saturated heterocycles. The molecule has 82 valence electrons. The van der Waals surface area contributed by atoms with Crippen molar-refractivity contribution >= 4 is 43.8 Å². The van der Waals surface area contributed by atoms with Crippen molar-refractivity contribution in [1.82, 2.24) is 5.32 Å². The van der Waals surface area contributed by atoms with Crippen molar-refractivity contribution in [2.45, 2.75) is 41.5 Å². The van der Waals surface area contributed by atoms with E-state index in [1.54, 1.807) is 5.32 Å². The Hall–Kier alpha value is 0.530. The van der Waals surface area contributed by atoms with Crippen LogP contribution in [0.15, 0.2) is 0 Å². The Morgan fingerprint density at radius 1 is 1.07 bits per heavy atom. The minimum atomic E-state index is -1.36. The van der Waals surface area contributed by atoms with Gasteiger partial charge in [0.15, 0.2) is 0 Å². The molecule has 0 unspecified atom stereocenters. The first kappa shape index (κ1) is 24.0. The van der Waals surface area contributed by atoms with E-state index in [9.17, 15) is 0 Å². The van der Waals surface area contributed by atoms with Crippen molar-refractivity contribution in [3.63, 3.8) is 0 Å². The standard InChI is InChI=1S/2C4H9.C2H4NO2.Ca/c2*1-4(2)3;1-3-2(4)5;/h2*1-3H3;3H,1H2,(H,4,5);/q3*-1;+2/p-1. The van der Waals surface area contributed by atoms with Gasteiger partial charge in [-0.25, -0.2) is 0 Å². The molecule has 0 aromatic carbocycles. The molecule has 0 aliphatic heterocycles. The molecule has 1 N–H and O–H groups in total. The van der Waals surface area contributed by atoms with Crippen LogP contribution >= 0.6 is 0 Å². The minimum absolute atomic E-state index is 0. The van der Waals surface area contributed by atoms with E-state index < -0.39 is 6.09 Å². The average Bonchev–Trinajstić information content (AvgIpc) is 1.84. The van der Waals surface area contributed by atoms with Gasteiger partial charge in [-0.05, 0) is 0 Å². The first-order valence-corrected chi connectivity index (χ1v) is 4.01. The summed E-state index contributed by atoms with van der Waals surface area (Å²) in [6.07, 6.45) is -1.36. The SMILES string of the molecule is C[C-](C)C.C[C-](C)C.[CH2-]NC(=O)[O-].[Ca+2]. The average molecular weight is 227 g/mol. The van der Waals surface area contributed by atoms with Crippen LogP contribution in [0.25, 0.3) is 0 Å². The second kappa shape index (κ2) is 19.2. The van der Waals surface area contributed by atoms with Gasteiger partial charge in [0, 0.05) is 0 Å². The monoisotopic (exact) mass is 227 g/mol. The first-order chi connectivity index (χ1) is 5.73. The number of amides is 1. The van der Waals surface area contributed by atoms with Gasteiger partial charge in [0.1, 0.15) is 6.09 Å². The summed E-state index contributed by atoms with van der Waals surface area (Å²) in [5.74, 6) is 2.83. The van der Waals surface area contributed by atoms with Crippen molar-refractivity contribution in [2.24, 2.45) is 0 Å². The predicted molar refractivity (Wildman–Crippen MR) is 60.2 cm³/mol. The Morgan fingerprint density at radius 2 is 1.14 bits per heavy atom. The van der Waals surface area contributed by atoms with Crippen LogP contribution < -0.4 is 10.4 Å². The van der Waals surface area contributed by atoms with Crippen LogP contribution in [0.1, 0.15) is 41.5 Å². The fourth-order valence-corrected chi connectivity index (χ4v) is 0.